The number of rotatable bonds is 3. The molecule has 1 aromatic rings. The highest BCUT2D eigenvalue weighted by molar-refractivity contribution is 7.12. The van der Waals surface area contributed by atoms with Crippen LogP contribution in [-0.2, 0) is 17.6 Å². The number of hydrogen-bond donors (Lipinski definition) is 1. The lowest BCUT2D eigenvalue weighted by atomic mass is 10.0. The van der Waals surface area contributed by atoms with Gasteiger partial charge >= 0.3 is 5.97 Å². The Labute approximate surface area is 87.6 Å². The molecule has 0 radical (unpaired) electrons. The second kappa shape index (κ2) is 3.73. The predicted octanol–water partition coefficient (Wildman–Crippen LogP) is 2.82. The summed E-state index contributed by atoms with van der Waals surface area (Å²) in [6.45, 7) is 1.93. The summed E-state index contributed by atoms with van der Waals surface area (Å²) in [5, 5.41) is 9.02. The Morgan fingerprint density at radius 2 is 2.43 bits per heavy atom. The van der Waals surface area contributed by atoms with Gasteiger partial charge in [0.1, 0.15) is 0 Å². The van der Waals surface area contributed by atoms with Gasteiger partial charge in [-0.1, -0.05) is 6.92 Å². The van der Waals surface area contributed by atoms with E-state index in [9.17, 15) is 4.79 Å². The van der Waals surface area contributed by atoms with Gasteiger partial charge in [-0.15, -0.1) is 11.3 Å². The second-order valence-corrected chi connectivity index (χ2v) is 4.92. The largest absolute Gasteiger partial charge is 0.481 e. The Hall–Kier alpha value is -0.830. The minimum Gasteiger partial charge on any atom is -0.481 e. The van der Waals surface area contributed by atoms with Crippen LogP contribution in [0.25, 0.3) is 0 Å². The maximum Gasteiger partial charge on any atom is 0.311 e. The fourth-order valence-electron chi connectivity index (χ4n) is 2.02. The average Bonchev–Trinajstić information content (AvgIpc) is 2.63. The van der Waals surface area contributed by atoms with E-state index in [0.717, 1.165) is 17.7 Å². The highest BCUT2D eigenvalue weighted by Crippen LogP contribution is 2.35. The zero-order valence-electron chi connectivity index (χ0n) is 8.25. The van der Waals surface area contributed by atoms with E-state index in [-0.39, 0.29) is 5.92 Å². The maximum atomic E-state index is 11.0. The lowest BCUT2D eigenvalue weighted by molar-refractivity contribution is -0.138. The second-order valence-electron chi connectivity index (χ2n) is 3.75. The summed E-state index contributed by atoms with van der Waals surface area (Å²) in [6.07, 6.45) is 4.22. The third-order valence-electron chi connectivity index (χ3n) is 2.82. The summed E-state index contributed by atoms with van der Waals surface area (Å²) in [5.41, 5.74) is 1.39. The van der Waals surface area contributed by atoms with E-state index in [4.69, 9.17) is 5.11 Å². The molecule has 1 aliphatic carbocycles. The van der Waals surface area contributed by atoms with Crippen molar-refractivity contribution in [2.45, 2.75) is 38.5 Å². The minimum absolute atomic E-state index is 0.286. The Bertz CT molecular complexity index is 333. The zero-order chi connectivity index (χ0) is 10.1. The van der Waals surface area contributed by atoms with Crippen molar-refractivity contribution in [3.63, 3.8) is 0 Å². The quantitative estimate of drug-likeness (QED) is 0.833. The van der Waals surface area contributed by atoms with Crippen LogP contribution >= 0.6 is 11.3 Å². The van der Waals surface area contributed by atoms with E-state index in [1.807, 2.05) is 6.92 Å². The van der Waals surface area contributed by atoms with Crippen molar-refractivity contribution in [3.05, 3.63) is 21.4 Å². The van der Waals surface area contributed by atoms with E-state index >= 15 is 0 Å². The Kier molecular flexibility index (Phi) is 2.59. The van der Waals surface area contributed by atoms with Gasteiger partial charge in [-0.05, 0) is 37.3 Å². The standard InChI is InChI=1S/C11H14O2S/c1-2-8(11(12)13)10-6-7-4-3-5-9(7)14-10/h6,8H,2-5H2,1H3,(H,12,13). The van der Waals surface area contributed by atoms with Crippen LogP contribution in [0, 0.1) is 0 Å². The van der Waals surface area contributed by atoms with Crippen LogP contribution in [-0.4, -0.2) is 11.1 Å². The van der Waals surface area contributed by atoms with Gasteiger partial charge in [0, 0.05) is 9.75 Å². The molecular formula is C11H14O2S. The summed E-state index contributed by atoms with van der Waals surface area (Å²) in [7, 11) is 0. The van der Waals surface area contributed by atoms with Crippen LogP contribution in [0.1, 0.15) is 41.0 Å². The van der Waals surface area contributed by atoms with Gasteiger partial charge < -0.3 is 5.11 Å². The molecule has 1 aliphatic rings. The number of aryl methyl sites for hydroxylation is 2. The third kappa shape index (κ3) is 1.57. The lowest BCUT2D eigenvalue weighted by Gasteiger charge is -2.06. The SMILES string of the molecule is CCC(C(=O)O)c1cc2c(s1)CCC2. The lowest BCUT2D eigenvalue weighted by Crippen LogP contribution is -2.08. The van der Waals surface area contributed by atoms with Crippen LogP contribution in [0.4, 0.5) is 0 Å². The predicted molar refractivity (Wildman–Crippen MR) is 57.0 cm³/mol. The van der Waals surface area contributed by atoms with Gasteiger partial charge in [0.25, 0.3) is 0 Å². The summed E-state index contributed by atoms with van der Waals surface area (Å²) in [5.74, 6) is -0.974. The van der Waals surface area contributed by atoms with Gasteiger partial charge in [0.15, 0.2) is 0 Å². The first-order valence-corrected chi connectivity index (χ1v) is 5.88. The first-order valence-electron chi connectivity index (χ1n) is 5.06. The first-order chi connectivity index (χ1) is 6.72. The molecule has 1 atom stereocenters. The molecule has 0 aliphatic heterocycles. The van der Waals surface area contributed by atoms with Gasteiger partial charge in [0.05, 0.1) is 5.92 Å². The summed E-state index contributed by atoms with van der Waals surface area (Å²) >= 11 is 1.70. The number of fused-ring (bicyclic) bond motifs is 1. The van der Waals surface area contributed by atoms with Crippen LogP contribution in [0.15, 0.2) is 6.07 Å². The fourth-order valence-corrected chi connectivity index (χ4v) is 3.46. The zero-order valence-corrected chi connectivity index (χ0v) is 9.06. The van der Waals surface area contributed by atoms with Crippen LogP contribution in [0.2, 0.25) is 0 Å². The number of thiophene rings is 1. The average molecular weight is 210 g/mol. The van der Waals surface area contributed by atoms with E-state index in [1.165, 1.54) is 16.9 Å². The molecule has 14 heavy (non-hydrogen) atoms. The molecule has 0 aromatic carbocycles. The molecule has 0 bridgehead atoms. The molecule has 1 aromatic heterocycles. The molecule has 1 unspecified atom stereocenters. The smallest absolute Gasteiger partial charge is 0.311 e. The highest BCUT2D eigenvalue weighted by atomic mass is 32.1. The van der Waals surface area contributed by atoms with Crippen LogP contribution in [0.3, 0.4) is 0 Å². The third-order valence-corrected chi connectivity index (χ3v) is 4.17. The van der Waals surface area contributed by atoms with Gasteiger partial charge in [-0.3, -0.25) is 4.79 Å². The van der Waals surface area contributed by atoms with E-state index in [1.54, 1.807) is 11.3 Å². The van der Waals surface area contributed by atoms with Gasteiger partial charge in [-0.25, -0.2) is 0 Å². The molecule has 1 N–H and O–H groups in total. The van der Waals surface area contributed by atoms with Crippen molar-refractivity contribution in [2.24, 2.45) is 0 Å². The van der Waals surface area contributed by atoms with Crippen molar-refractivity contribution in [1.29, 1.82) is 0 Å². The normalized spacial score (nSPS) is 16.6. The summed E-state index contributed by atoms with van der Waals surface area (Å²) in [4.78, 5) is 13.4. The van der Waals surface area contributed by atoms with Crippen molar-refractivity contribution in [3.8, 4) is 0 Å². The Balaban J connectivity index is 2.27. The fraction of sp³-hybridized carbons (Fsp3) is 0.545. The molecule has 2 nitrogen and oxygen atoms in total. The number of carboxylic acids is 1. The Morgan fingerprint density at radius 3 is 3.00 bits per heavy atom. The molecule has 0 amide bonds. The van der Waals surface area contributed by atoms with E-state index in [2.05, 4.69) is 6.07 Å². The minimum atomic E-state index is -0.688. The monoisotopic (exact) mass is 210 g/mol. The molecule has 0 fully saturated rings. The van der Waals surface area contributed by atoms with E-state index in [0.29, 0.717) is 6.42 Å². The van der Waals surface area contributed by atoms with Crippen LogP contribution in [0.5, 0.6) is 0 Å². The molecule has 0 spiro atoms. The van der Waals surface area contributed by atoms with Crippen molar-refractivity contribution in [2.75, 3.05) is 0 Å². The molecule has 76 valence electrons. The van der Waals surface area contributed by atoms with E-state index < -0.39 is 5.97 Å². The topological polar surface area (TPSA) is 37.3 Å². The number of carboxylic acid groups (broad SMARTS) is 1. The molecular weight excluding hydrogens is 196 g/mol. The number of aliphatic carboxylic acids is 1. The summed E-state index contributed by atoms with van der Waals surface area (Å²) in [6, 6.07) is 2.11. The van der Waals surface area contributed by atoms with Crippen molar-refractivity contribution >= 4 is 17.3 Å². The van der Waals surface area contributed by atoms with Crippen molar-refractivity contribution in [1.82, 2.24) is 0 Å². The molecule has 2 rings (SSSR count). The van der Waals surface area contributed by atoms with Crippen molar-refractivity contribution < 1.29 is 9.90 Å². The van der Waals surface area contributed by atoms with Gasteiger partial charge in [-0.2, -0.15) is 0 Å². The molecule has 0 saturated heterocycles. The van der Waals surface area contributed by atoms with Crippen LogP contribution < -0.4 is 0 Å². The number of carbonyl (C=O) groups is 1. The molecule has 3 heteroatoms. The molecule has 1 heterocycles. The molecule has 0 saturated carbocycles. The maximum absolute atomic E-state index is 11.0. The van der Waals surface area contributed by atoms with Gasteiger partial charge in [0.2, 0.25) is 0 Å². The number of hydrogen-bond acceptors (Lipinski definition) is 2. The highest BCUT2D eigenvalue weighted by Gasteiger charge is 2.23. The first kappa shape index (κ1) is 9.71. The summed E-state index contributed by atoms with van der Waals surface area (Å²) < 4.78 is 0. The Morgan fingerprint density at radius 1 is 1.64 bits per heavy atom.